The molecule has 1 aromatic carbocycles. The fourth-order valence-corrected chi connectivity index (χ4v) is 2.82. The molecular weight excluding hydrogens is 270 g/mol. The van der Waals surface area contributed by atoms with E-state index in [1.807, 2.05) is 26.0 Å². The first-order chi connectivity index (χ1) is 9.53. The van der Waals surface area contributed by atoms with E-state index >= 15 is 0 Å². The topological polar surface area (TPSA) is 51.0 Å². The molecule has 5 heteroatoms. The Morgan fingerprint density at radius 3 is 2.75 bits per heavy atom. The van der Waals surface area contributed by atoms with E-state index in [9.17, 15) is 0 Å². The molecule has 0 saturated carbocycles. The molecule has 0 radical (unpaired) electrons. The molecule has 0 fully saturated rings. The average molecular weight is 291 g/mol. The van der Waals surface area contributed by atoms with Crippen LogP contribution >= 0.6 is 11.8 Å². The smallest absolute Gasteiger partial charge is 0.246 e. The van der Waals surface area contributed by atoms with Gasteiger partial charge in [0.2, 0.25) is 5.89 Å². The van der Waals surface area contributed by atoms with Crippen LogP contribution in [0.4, 0.5) is 0 Å². The van der Waals surface area contributed by atoms with Crippen LogP contribution in [0.25, 0.3) is 0 Å². The van der Waals surface area contributed by atoms with Crippen LogP contribution in [0.15, 0.2) is 33.7 Å². The highest BCUT2D eigenvalue weighted by atomic mass is 32.2. The third kappa shape index (κ3) is 3.61. The van der Waals surface area contributed by atoms with Crippen LogP contribution in [0.1, 0.15) is 38.0 Å². The zero-order valence-electron chi connectivity index (χ0n) is 12.4. The van der Waals surface area contributed by atoms with Crippen molar-refractivity contribution in [2.75, 3.05) is 6.54 Å². The third-order valence-electron chi connectivity index (χ3n) is 3.07. The Bertz CT molecular complexity index is 566. The van der Waals surface area contributed by atoms with Crippen LogP contribution in [0, 0.1) is 6.92 Å². The molecule has 108 valence electrons. The van der Waals surface area contributed by atoms with Crippen molar-refractivity contribution in [2.45, 2.75) is 43.9 Å². The summed E-state index contributed by atoms with van der Waals surface area (Å²) in [5.74, 6) is 2.09. The van der Waals surface area contributed by atoms with Crippen molar-refractivity contribution in [2.24, 2.45) is 0 Å². The summed E-state index contributed by atoms with van der Waals surface area (Å²) in [5, 5.41) is 7.39. The quantitative estimate of drug-likeness (QED) is 0.825. The van der Waals surface area contributed by atoms with Gasteiger partial charge in [0, 0.05) is 4.90 Å². The minimum atomic E-state index is -0.284. The summed E-state index contributed by atoms with van der Waals surface area (Å²) in [6.07, 6.45) is 0. The first-order valence-electron chi connectivity index (χ1n) is 6.79. The average Bonchev–Trinajstić information content (AvgIpc) is 2.87. The number of rotatable bonds is 6. The van der Waals surface area contributed by atoms with Gasteiger partial charge in [0.05, 0.1) is 11.3 Å². The van der Waals surface area contributed by atoms with Gasteiger partial charge in [0.25, 0.3) is 0 Å². The number of thioether (sulfide) groups is 1. The summed E-state index contributed by atoms with van der Waals surface area (Å²) in [6.45, 7) is 9.12. The summed E-state index contributed by atoms with van der Waals surface area (Å²) in [7, 11) is 0. The van der Waals surface area contributed by atoms with Crippen molar-refractivity contribution in [3.8, 4) is 0 Å². The molecule has 0 bridgehead atoms. The number of aromatic nitrogens is 2. The van der Waals surface area contributed by atoms with Crippen LogP contribution in [-0.4, -0.2) is 16.7 Å². The molecule has 4 nitrogen and oxygen atoms in total. The molecule has 0 aliphatic rings. The number of nitrogens with one attached hydrogen (secondary N) is 1. The van der Waals surface area contributed by atoms with E-state index in [0.29, 0.717) is 5.89 Å². The highest BCUT2D eigenvalue weighted by Crippen LogP contribution is 2.25. The van der Waals surface area contributed by atoms with Crippen molar-refractivity contribution < 1.29 is 4.52 Å². The van der Waals surface area contributed by atoms with Gasteiger partial charge in [0.1, 0.15) is 0 Å². The van der Waals surface area contributed by atoms with Crippen LogP contribution in [0.2, 0.25) is 0 Å². The van der Waals surface area contributed by atoms with E-state index < -0.39 is 0 Å². The summed E-state index contributed by atoms with van der Waals surface area (Å²) in [6, 6.07) is 8.32. The lowest BCUT2D eigenvalue weighted by Crippen LogP contribution is -2.36. The lowest BCUT2D eigenvalue weighted by Gasteiger charge is -2.20. The predicted octanol–water partition coefficient (Wildman–Crippen LogP) is 3.51. The Morgan fingerprint density at radius 1 is 1.30 bits per heavy atom. The van der Waals surface area contributed by atoms with E-state index in [0.717, 1.165) is 18.1 Å². The van der Waals surface area contributed by atoms with Gasteiger partial charge in [0.15, 0.2) is 5.82 Å². The zero-order valence-corrected chi connectivity index (χ0v) is 13.3. The van der Waals surface area contributed by atoms with Gasteiger partial charge in [-0.3, -0.25) is 0 Å². The van der Waals surface area contributed by atoms with Gasteiger partial charge in [-0.05, 0) is 38.9 Å². The van der Waals surface area contributed by atoms with Gasteiger partial charge >= 0.3 is 0 Å². The molecule has 0 aliphatic carbocycles. The lowest BCUT2D eigenvalue weighted by molar-refractivity contribution is 0.271. The molecule has 0 unspecified atom stereocenters. The lowest BCUT2D eigenvalue weighted by atomic mass is 10.1. The second-order valence-electron chi connectivity index (χ2n) is 5.23. The van der Waals surface area contributed by atoms with Gasteiger partial charge in [-0.15, -0.1) is 11.8 Å². The minimum absolute atomic E-state index is 0.284. The second kappa shape index (κ2) is 6.41. The maximum Gasteiger partial charge on any atom is 0.246 e. The first-order valence-corrected chi connectivity index (χ1v) is 7.78. The largest absolute Gasteiger partial charge is 0.337 e. The molecule has 2 aromatic rings. The summed E-state index contributed by atoms with van der Waals surface area (Å²) in [5.41, 5.74) is 0.988. The van der Waals surface area contributed by atoms with Crippen LogP contribution < -0.4 is 5.32 Å². The Kier molecular flexibility index (Phi) is 4.83. The van der Waals surface area contributed by atoms with Gasteiger partial charge < -0.3 is 9.84 Å². The number of nitrogens with zero attached hydrogens (tertiary/aromatic N) is 2. The molecule has 0 saturated heterocycles. The molecule has 1 N–H and O–H groups in total. The SMILES string of the molecule is CCNC(C)(C)c1nc(CSc2ccccc2C)no1. The molecule has 0 amide bonds. The van der Waals surface area contributed by atoms with E-state index in [2.05, 4.69) is 41.4 Å². The maximum absolute atomic E-state index is 5.36. The zero-order chi connectivity index (χ0) is 14.6. The third-order valence-corrected chi connectivity index (χ3v) is 4.24. The van der Waals surface area contributed by atoms with Crippen molar-refractivity contribution in [1.29, 1.82) is 0 Å². The highest BCUT2D eigenvalue weighted by molar-refractivity contribution is 7.98. The van der Waals surface area contributed by atoms with Crippen molar-refractivity contribution >= 4 is 11.8 Å². The number of hydrogen-bond acceptors (Lipinski definition) is 5. The molecular formula is C15H21N3OS. The van der Waals surface area contributed by atoms with E-state index in [1.54, 1.807) is 11.8 Å². The van der Waals surface area contributed by atoms with E-state index in [1.165, 1.54) is 10.5 Å². The summed E-state index contributed by atoms with van der Waals surface area (Å²) >= 11 is 1.73. The van der Waals surface area contributed by atoms with Gasteiger partial charge in [-0.2, -0.15) is 4.98 Å². The second-order valence-corrected chi connectivity index (χ2v) is 6.24. The Hall–Kier alpha value is -1.33. The molecule has 2 rings (SSSR count). The van der Waals surface area contributed by atoms with E-state index in [4.69, 9.17) is 4.52 Å². The van der Waals surface area contributed by atoms with Gasteiger partial charge in [-0.25, -0.2) is 0 Å². The minimum Gasteiger partial charge on any atom is -0.337 e. The molecule has 1 heterocycles. The number of hydrogen-bond donors (Lipinski definition) is 1. The fourth-order valence-electron chi connectivity index (χ4n) is 1.94. The highest BCUT2D eigenvalue weighted by Gasteiger charge is 2.26. The van der Waals surface area contributed by atoms with Crippen molar-refractivity contribution in [3.63, 3.8) is 0 Å². The molecule has 0 aliphatic heterocycles. The van der Waals surface area contributed by atoms with Gasteiger partial charge in [-0.1, -0.05) is 30.3 Å². The van der Waals surface area contributed by atoms with Crippen LogP contribution in [0.3, 0.4) is 0 Å². The molecule has 1 aromatic heterocycles. The summed E-state index contributed by atoms with van der Waals surface area (Å²) in [4.78, 5) is 5.74. The Labute approximate surface area is 124 Å². The van der Waals surface area contributed by atoms with Crippen LogP contribution in [0.5, 0.6) is 0 Å². The summed E-state index contributed by atoms with van der Waals surface area (Å²) < 4.78 is 5.36. The Morgan fingerprint density at radius 2 is 2.05 bits per heavy atom. The maximum atomic E-state index is 5.36. The monoisotopic (exact) mass is 291 g/mol. The first kappa shape index (κ1) is 15.1. The Balaban J connectivity index is 2.02. The molecule has 0 atom stereocenters. The van der Waals surface area contributed by atoms with Crippen molar-refractivity contribution in [3.05, 3.63) is 41.5 Å². The molecule has 0 spiro atoms. The predicted molar refractivity (Wildman–Crippen MR) is 81.7 cm³/mol. The normalized spacial score (nSPS) is 11.8. The van der Waals surface area contributed by atoms with Crippen molar-refractivity contribution in [1.82, 2.24) is 15.5 Å². The fraction of sp³-hybridized carbons (Fsp3) is 0.467. The molecule has 20 heavy (non-hydrogen) atoms. The number of benzene rings is 1. The standard InChI is InChI=1S/C15H21N3OS/c1-5-16-15(3,4)14-17-13(18-19-14)10-20-12-9-7-6-8-11(12)2/h6-9,16H,5,10H2,1-4H3. The van der Waals surface area contributed by atoms with Crippen LogP contribution in [-0.2, 0) is 11.3 Å². The number of aryl methyl sites for hydroxylation is 1. The van der Waals surface area contributed by atoms with E-state index in [-0.39, 0.29) is 5.54 Å².